The van der Waals surface area contributed by atoms with Gasteiger partial charge < -0.3 is 4.74 Å². The van der Waals surface area contributed by atoms with E-state index in [0.717, 1.165) is 18.8 Å². The first-order chi connectivity index (χ1) is 6.22. The summed E-state index contributed by atoms with van der Waals surface area (Å²) in [7, 11) is 0. The van der Waals surface area contributed by atoms with Gasteiger partial charge in [-0.25, -0.2) is 4.79 Å². The summed E-state index contributed by atoms with van der Waals surface area (Å²) in [4.78, 5) is 11.2. The smallest absolute Gasteiger partial charge is 0.334 e. The number of esters is 1. The molecule has 0 amide bonds. The second-order valence-electron chi connectivity index (χ2n) is 4.16. The zero-order valence-electron chi connectivity index (χ0n) is 8.08. The Hall–Kier alpha value is -0.790. The molecule has 2 heteroatoms. The monoisotopic (exact) mass is 180 g/mol. The molecule has 1 saturated heterocycles. The van der Waals surface area contributed by atoms with Crippen molar-refractivity contribution in [2.24, 2.45) is 11.8 Å². The third-order valence-corrected chi connectivity index (χ3v) is 3.44. The summed E-state index contributed by atoms with van der Waals surface area (Å²) < 4.78 is 5.23. The van der Waals surface area contributed by atoms with Crippen molar-refractivity contribution in [1.82, 2.24) is 0 Å². The van der Waals surface area contributed by atoms with Crippen molar-refractivity contribution in [3.05, 3.63) is 12.2 Å². The number of carbonyl (C=O) groups is 1. The van der Waals surface area contributed by atoms with E-state index in [0.29, 0.717) is 11.5 Å². The van der Waals surface area contributed by atoms with Gasteiger partial charge in [0, 0.05) is 11.5 Å². The minimum atomic E-state index is -0.160. The maximum atomic E-state index is 11.2. The van der Waals surface area contributed by atoms with Gasteiger partial charge in [-0.1, -0.05) is 19.9 Å². The van der Waals surface area contributed by atoms with E-state index in [1.807, 2.05) is 0 Å². The fourth-order valence-corrected chi connectivity index (χ4v) is 2.47. The lowest BCUT2D eigenvalue weighted by molar-refractivity contribution is -0.140. The third kappa shape index (κ3) is 1.38. The van der Waals surface area contributed by atoms with E-state index in [-0.39, 0.29) is 12.1 Å². The van der Waals surface area contributed by atoms with Crippen LogP contribution in [-0.2, 0) is 9.53 Å². The van der Waals surface area contributed by atoms with Gasteiger partial charge in [0.05, 0.1) is 0 Å². The summed E-state index contributed by atoms with van der Waals surface area (Å²) in [5.41, 5.74) is 0.711. The predicted molar refractivity (Wildman–Crippen MR) is 50.1 cm³/mol. The summed E-state index contributed by atoms with van der Waals surface area (Å²) in [5, 5.41) is 0. The molecule has 72 valence electrons. The molecule has 0 radical (unpaired) electrons. The molecule has 1 saturated carbocycles. The Kier molecular flexibility index (Phi) is 2.14. The van der Waals surface area contributed by atoms with Crippen LogP contribution in [0.2, 0.25) is 0 Å². The Labute approximate surface area is 79.0 Å². The molecule has 3 atom stereocenters. The third-order valence-electron chi connectivity index (χ3n) is 3.44. The van der Waals surface area contributed by atoms with Gasteiger partial charge in [-0.2, -0.15) is 0 Å². The number of fused-ring (bicyclic) bond motifs is 1. The first kappa shape index (κ1) is 8.79. The van der Waals surface area contributed by atoms with Crippen molar-refractivity contribution in [1.29, 1.82) is 0 Å². The first-order valence-electron chi connectivity index (χ1n) is 5.12. The van der Waals surface area contributed by atoms with Gasteiger partial charge in [0.1, 0.15) is 6.10 Å². The van der Waals surface area contributed by atoms with Crippen LogP contribution in [0.5, 0.6) is 0 Å². The van der Waals surface area contributed by atoms with E-state index in [1.54, 1.807) is 0 Å². The minimum Gasteiger partial charge on any atom is -0.458 e. The molecule has 2 rings (SSSR count). The van der Waals surface area contributed by atoms with Gasteiger partial charge in [-0.05, 0) is 25.2 Å². The van der Waals surface area contributed by atoms with Crippen LogP contribution in [0.4, 0.5) is 0 Å². The molecule has 3 unspecified atom stereocenters. The number of hydrogen-bond acceptors (Lipinski definition) is 2. The summed E-state index contributed by atoms with van der Waals surface area (Å²) >= 11 is 0. The minimum absolute atomic E-state index is 0.155. The Morgan fingerprint density at radius 2 is 2.31 bits per heavy atom. The van der Waals surface area contributed by atoms with E-state index in [2.05, 4.69) is 13.5 Å². The van der Waals surface area contributed by atoms with Crippen LogP contribution in [0.1, 0.15) is 32.6 Å². The Morgan fingerprint density at radius 3 is 3.00 bits per heavy atom. The van der Waals surface area contributed by atoms with Crippen LogP contribution in [0.15, 0.2) is 12.2 Å². The summed E-state index contributed by atoms with van der Waals surface area (Å²) in [6.45, 7) is 6.03. The van der Waals surface area contributed by atoms with Crippen molar-refractivity contribution < 1.29 is 9.53 Å². The average Bonchev–Trinajstić information content (AvgIpc) is 2.43. The largest absolute Gasteiger partial charge is 0.458 e. The van der Waals surface area contributed by atoms with Gasteiger partial charge >= 0.3 is 5.97 Å². The Morgan fingerprint density at radius 1 is 1.54 bits per heavy atom. The zero-order chi connectivity index (χ0) is 9.42. The van der Waals surface area contributed by atoms with Gasteiger partial charge in [-0.3, -0.25) is 0 Å². The molecule has 1 heterocycles. The lowest BCUT2D eigenvalue weighted by Crippen LogP contribution is -2.26. The molecule has 2 aliphatic rings. The quantitative estimate of drug-likeness (QED) is 0.457. The predicted octanol–water partition coefficient (Wildman–Crippen LogP) is 2.29. The summed E-state index contributed by atoms with van der Waals surface area (Å²) in [6.07, 6.45) is 4.71. The van der Waals surface area contributed by atoms with Gasteiger partial charge in [-0.15, -0.1) is 0 Å². The number of hydrogen-bond donors (Lipinski definition) is 0. The maximum absolute atomic E-state index is 11.2. The topological polar surface area (TPSA) is 26.3 Å². The van der Waals surface area contributed by atoms with E-state index in [4.69, 9.17) is 4.74 Å². The first-order valence-corrected chi connectivity index (χ1v) is 5.12. The van der Waals surface area contributed by atoms with Crippen molar-refractivity contribution in [3.63, 3.8) is 0 Å². The SMILES string of the molecule is C=C1C(=O)OC2CCC(CC)CC12. The fraction of sp³-hybridized carbons (Fsp3) is 0.727. The van der Waals surface area contributed by atoms with Crippen LogP contribution in [0, 0.1) is 11.8 Å². The molecular formula is C11H16O2. The van der Waals surface area contributed by atoms with Crippen LogP contribution >= 0.6 is 0 Å². The summed E-state index contributed by atoms with van der Waals surface area (Å²) in [6, 6.07) is 0. The molecule has 0 aromatic carbocycles. The normalized spacial score (nSPS) is 38.7. The van der Waals surface area contributed by atoms with Crippen molar-refractivity contribution >= 4 is 5.97 Å². The van der Waals surface area contributed by atoms with Gasteiger partial charge in [0.25, 0.3) is 0 Å². The van der Waals surface area contributed by atoms with Crippen molar-refractivity contribution in [3.8, 4) is 0 Å². The number of ether oxygens (including phenoxy) is 1. The van der Waals surface area contributed by atoms with Gasteiger partial charge in [0.2, 0.25) is 0 Å². The van der Waals surface area contributed by atoms with Crippen LogP contribution in [0.3, 0.4) is 0 Å². The second kappa shape index (κ2) is 3.17. The van der Waals surface area contributed by atoms with E-state index >= 15 is 0 Å². The number of rotatable bonds is 1. The molecule has 0 N–H and O–H groups in total. The zero-order valence-corrected chi connectivity index (χ0v) is 8.08. The molecule has 0 aromatic heterocycles. The highest BCUT2D eigenvalue weighted by molar-refractivity contribution is 5.90. The molecule has 1 aliphatic carbocycles. The number of carbonyl (C=O) groups excluding carboxylic acids is 1. The van der Waals surface area contributed by atoms with E-state index < -0.39 is 0 Å². The second-order valence-corrected chi connectivity index (χ2v) is 4.16. The van der Waals surface area contributed by atoms with Crippen LogP contribution < -0.4 is 0 Å². The van der Waals surface area contributed by atoms with Gasteiger partial charge in [0.15, 0.2) is 0 Å². The fourth-order valence-electron chi connectivity index (χ4n) is 2.47. The molecule has 2 fully saturated rings. The lowest BCUT2D eigenvalue weighted by Gasteiger charge is -2.29. The van der Waals surface area contributed by atoms with Crippen molar-refractivity contribution in [2.75, 3.05) is 0 Å². The highest BCUT2D eigenvalue weighted by Gasteiger charge is 2.41. The molecule has 13 heavy (non-hydrogen) atoms. The summed E-state index contributed by atoms with van der Waals surface area (Å²) in [5.74, 6) is 0.936. The molecule has 1 aliphatic heterocycles. The highest BCUT2D eigenvalue weighted by Crippen LogP contribution is 2.41. The molecule has 0 aromatic rings. The standard InChI is InChI=1S/C11H16O2/c1-3-8-4-5-10-9(6-8)7(2)11(12)13-10/h8-10H,2-6H2,1H3. The van der Waals surface area contributed by atoms with Crippen LogP contribution in [-0.4, -0.2) is 12.1 Å². The Balaban J connectivity index is 2.09. The van der Waals surface area contributed by atoms with E-state index in [9.17, 15) is 4.79 Å². The Bertz CT molecular complexity index is 244. The maximum Gasteiger partial charge on any atom is 0.334 e. The van der Waals surface area contributed by atoms with Crippen molar-refractivity contribution in [2.45, 2.75) is 38.7 Å². The average molecular weight is 180 g/mol. The molecule has 0 spiro atoms. The lowest BCUT2D eigenvalue weighted by atomic mass is 9.77. The highest BCUT2D eigenvalue weighted by atomic mass is 16.6. The molecule has 0 bridgehead atoms. The van der Waals surface area contributed by atoms with Crippen LogP contribution in [0.25, 0.3) is 0 Å². The van der Waals surface area contributed by atoms with E-state index in [1.165, 1.54) is 12.8 Å². The molecular weight excluding hydrogens is 164 g/mol. The molecule has 2 nitrogen and oxygen atoms in total.